The molecule has 4 bridgehead atoms. The average Bonchev–Trinajstić information content (AvgIpc) is 4.07. The highest BCUT2D eigenvalue weighted by Gasteiger charge is 2.67. The maximum atomic E-state index is 12.9. The first-order chi connectivity index (χ1) is 36.2. The van der Waals surface area contributed by atoms with E-state index in [1.165, 1.54) is 25.3 Å². The molecule has 0 radical (unpaired) electrons. The molecule has 75 heavy (non-hydrogen) atoms. The van der Waals surface area contributed by atoms with Gasteiger partial charge < -0.3 is 69.1 Å². The Labute approximate surface area is 435 Å². The van der Waals surface area contributed by atoms with Gasteiger partial charge in [-0.1, -0.05) is 42.5 Å². The van der Waals surface area contributed by atoms with Crippen molar-refractivity contribution in [3.8, 4) is 23.0 Å². The van der Waals surface area contributed by atoms with Crippen molar-refractivity contribution < 1.29 is 73.1 Å². The lowest BCUT2D eigenvalue weighted by Crippen LogP contribution is -2.67. The molecule has 5 aliphatic carbocycles. The summed E-state index contributed by atoms with van der Waals surface area (Å²) in [4.78, 5) is 53.4. The zero-order valence-corrected chi connectivity index (χ0v) is 43.0. The van der Waals surface area contributed by atoms with Gasteiger partial charge in [0.25, 0.3) is 0 Å². The minimum atomic E-state index is -0.597. The zero-order valence-electron chi connectivity index (χ0n) is 43.0. The average molecular weight is 1040 g/mol. The van der Waals surface area contributed by atoms with Crippen molar-refractivity contribution in [2.45, 2.75) is 143 Å². The number of methoxy groups -OCH3 is 3. The SMILES string of the molecule is CN1CC[C@]23c4c5ccc(O)c4OC2[C@@H](O)C=CC3[C@H]1C5.COC(=O)N1CC[C@]23c4c5ccc(CO)c4OC2CCC(=O)C3[C@H]1C5.COC(=O)NCC[C@@]12CC(=O)CCC1Oc1c(CO)ccc(CC(CO)OC)c12. The number of carbonyl (C=O) groups excluding carboxylic acids is 4. The molecule has 5 heterocycles. The Kier molecular flexibility index (Phi) is 13.5. The number of nitrogens with one attached hydrogen (secondary N) is 1. The molecule has 0 aromatic heterocycles. The van der Waals surface area contributed by atoms with Crippen molar-refractivity contribution in [1.82, 2.24) is 15.1 Å². The molecule has 18 nitrogen and oxygen atoms in total. The van der Waals surface area contributed by atoms with Crippen LogP contribution in [0.25, 0.3) is 0 Å². The minimum absolute atomic E-state index is 0.0424. The van der Waals surface area contributed by atoms with Gasteiger partial charge in [0.2, 0.25) is 0 Å². The van der Waals surface area contributed by atoms with Gasteiger partial charge >= 0.3 is 12.2 Å². The molecule has 6 N–H and O–H groups in total. The summed E-state index contributed by atoms with van der Waals surface area (Å²) in [6.45, 7) is 1.54. The van der Waals surface area contributed by atoms with E-state index in [1.54, 1.807) is 18.1 Å². The smallest absolute Gasteiger partial charge is 0.409 e. The Bertz CT molecular complexity index is 2820. The predicted molar refractivity (Wildman–Crippen MR) is 269 cm³/mol. The van der Waals surface area contributed by atoms with Gasteiger partial charge in [0, 0.05) is 108 Å². The fourth-order valence-corrected chi connectivity index (χ4v) is 15.7. The molecule has 3 aromatic rings. The Balaban J connectivity index is 0.000000122. The number of Topliss-reactive ketones (excluding diaryl/α,β-unsaturated/α-hetero) is 2. The van der Waals surface area contributed by atoms with E-state index in [9.17, 15) is 44.7 Å². The standard InChI is InChI=1S/C21H29NO7.C19H21NO5.C17H19NO3/c1-27-16(12-24)9-13-3-4-14(11-23)19-18(13)21(7-8-22-20(26)28-2)10-15(25)5-6-17(21)29-19;1-24-18(23)20-7-6-19-14-5-4-13(22)16(19)12(20)8-10-2-3-11(9-21)17(25-14)15(10)19;1-18-7-6-17-10-3-5-13(20)16(17)21-15-12(19)4-2-9(14(15)17)8-11(10)18/h3-4,16-17,23-24H,5-12H2,1-2H3,(H,22,26);2-3,12,14,16,21H,4-9H2,1H3;2-5,10-11,13,16,19-20H,6-8H2,1H3/t16?,17?,21-;12-,14?,16?,19-;10?,11-,13+,16?,17+/m111/s1. The molecule has 2 amide bonds. The third-order valence-corrected chi connectivity index (χ3v) is 19.0. The van der Waals surface area contributed by atoms with Crippen molar-refractivity contribution >= 4 is 23.8 Å². The molecule has 12 atom stereocenters. The number of nitrogens with zero attached hydrogens (tertiary/aromatic N) is 2. The number of carbonyl (C=O) groups is 4. The number of hydrogen-bond acceptors (Lipinski definition) is 16. The van der Waals surface area contributed by atoms with Crippen molar-refractivity contribution in [2.75, 3.05) is 54.6 Å². The van der Waals surface area contributed by atoms with E-state index in [4.69, 9.17) is 23.7 Å². The summed E-state index contributed by atoms with van der Waals surface area (Å²) in [6.07, 6.45) is 8.50. The number of amides is 2. The first-order valence-corrected chi connectivity index (χ1v) is 26.5. The molecule has 13 rings (SSSR count). The molecule has 2 saturated heterocycles. The predicted octanol–water partition coefficient (Wildman–Crippen LogP) is 3.98. The molecular weight excluding hydrogens is 967 g/mol. The normalized spacial score (nSPS) is 32.6. The molecular formula is C57H69N3O15. The Morgan fingerprint density at radius 3 is 2.17 bits per heavy atom. The maximum Gasteiger partial charge on any atom is 0.409 e. The fraction of sp³-hybridized carbons (Fsp3) is 0.579. The van der Waals surface area contributed by atoms with E-state index in [2.05, 4.69) is 28.1 Å². The van der Waals surface area contributed by atoms with Crippen LogP contribution in [0.4, 0.5) is 9.59 Å². The summed E-state index contributed by atoms with van der Waals surface area (Å²) in [7, 11) is 6.43. The molecule has 2 spiro atoms. The van der Waals surface area contributed by atoms with Crippen LogP contribution in [0.1, 0.15) is 95.9 Å². The molecule has 2 saturated carbocycles. The molecule has 10 aliphatic rings. The lowest BCUT2D eigenvalue weighted by atomic mass is 9.51. The monoisotopic (exact) mass is 1040 g/mol. The summed E-state index contributed by atoms with van der Waals surface area (Å²) < 4.78 is 33.7. The highest BCUT2D eigenvalue weighted by molar-refractivity contribution is 5.88. The van der Waals surface area contributed by atoms with E-state index in [-0.39, 0.29) is 90.4 Å². The number of rotatable bonds is 9. The molecule has 4 fully saturated rings. The number of benzene rings is 3. The third kappa shape index (κ3) is 7.78. The van der Waals surface area contributed by atoms with Crippen LogP contribution in [0.2, 0.25) is 0 Å². The maximum absolute atomic E-state index is 12.9. The van der Waals surface area contributed by atoms with Crippen LogP contribution in [0.3, 0.4) is 0 Å². The van der Waals surface area contributed by atoms with Gasteiger partial charge in [0.15, 0.2) is 11.5 Å². The number of aliphatic hydroxyl groups is 4. The fourth-order valence-electron chi connectivity index (χ4n) is 15.7. The third-order valence-electron chi connectivity index (χ3n) is 19.0. The lowest BCUT2D eigenvalue weighted by Gasteiger charge is -2.56. The van der Waals surface area contributed by atoms with E-state index in [0.717, 1.165) is 53.0 Å². The van der Waals surface area contributed by atoms with Crippen LogP contribution in [-0.2, 0) is 72.5 Å². The van der Waals surface area contributed by atoms with Crippen molar-refractivity contribution in [1.29, 1.82) is 0 Å². The van der Waals surface area contributed by atoms with Crippen LogP contribution in [0.5, 0.6) is 23.0 Å². The molecule has 18 heteroatoms. The Morgan fingerprint density at radius 1 is 0.787 bits per heavy atom. The quantitative estimate of drug-likeness (QED) is 0.166. The van der Waals surface area contributed by atoms with Crippen molar-refractivity contribution in [3.63, 3.8) is 0 Å². The van der Waals surface area contributed by atoms with Crippen LogP contribution in [0.15, 0.2) is 48.6 Å². The Morgan fingerprint density at radius 2 is 1.45 bits per heavy atom. The molecule has 5 aliphatic heterocycles. The number of likely N-dealkylation sites (N-methyl/N-ethyl adjacent to an activating group) is 1. The van der Waals surface area contributed by atoms with Gasteiger partial charge in [-0.2, -0.15) is 0 Å². The number of aromatic hydroxyl groups is 1. The number of phenols is 1. The van der Waals surface area contributed by atoms with Gasteiger partial charge in [-0.3, -0.25) is 9.59 Å². The summed E-state index contributed by atoms with van der Waals surface area (Å²) in [5.74, 6) is 2.74. The molecule has 402 valence electrons. The highest BCUT2D eigenvalue weighted by Crippen LogP contribution is 2.64. The lowest BCUT2D eigenvalue weighted by molar-refractivity contribution is -0.139. The summed E-state index contributed by atoms with van der Waals surface area (Å²) in [5, 5.41) is 52.5. The van der Waals surface area contributed by atoms with E-state index in [1.807, 2.05) is 36.4 Å². The summed E-state index contributed by atoms with van der Waals surface area (Å²) >= 11 is 0. The van der Waals surface area contributed by atoms with Gasteiger partial charge in [0.1, 0.15) is 47.5 Å². The largest absolute Gasteiger partial charge is 0.504 e. The number of ketones is 2. The second kappa shape index (κ2) is 19.7. The van der Waals surface area contributed by atoms with E-state index in [0.29, 0.717) is 99.9 Å². The highest BCUT2D eigenvalue weighted by atomic mass is 16.5. The number of hydrogen-bond donors (Lipinski definition) is 6. The van der Waals surface area contributed by atoms with Crippen molar-refractivity contribution in [2.24, 2.45) is 11.8 Å². The molecule has 3 aromatic carbocycles. The van der Waals surface area contributed by atoms with E-state index >= 15 is 0 Å². The minimum Gasteiger partial charge on any atom is -0.504 e. The second-order valence-electron chi connectivity index (χ2n) is 22.2. The number of piperidine rings is 2. The van der Waals surface area contributed by atoms with Crippen molar-refractivity contribution in [3.05, 3.63) is 93.1 Å². The number of ether oxygens (including phenoxy) is 6. The van der Waals surface area contributed by atoms with Gasteiger partial charge in [0.05, 0.1) is 46.1 Å². The molecule has 6 unspecified atom stereocenters. The van der Waals surface area contributed by atoms with Crippen LogP contribution >= 0.6 is 0 Å². The van der Waals surface area contributed by atoms with Gasteiger partial charge in [-0.15, -0.1) is 0 Å². The van der Waals surface area contributed by atoms with Gasteiger partial charge in [-0.25, -0.2) is 9.59 Å². The second-order valence-corrected chi connectivity index (χ2v) is 22.2. The van der Waals surface area contributed by atoms with E-state index < -0.39 is 17.6 Å². The topological polar surface area (TPSA) is 243 Å². The first-order valence-electron chi connectivity index (χ1n) is 26.5. The Hall–Kier alpha value is -5.76. The number of aliphatic hydroxyl groups excluding tert-OH is 4. The number of alkyl carbamates (subject to hydrolysis) is 1. The van der Waals surface area contributed by atoms with Gasteiger partial charge in [-0.05, 0) is 81.3 Å². The number of fused-ring (bicyclic) bond motifs is 3. The van der Waals surface area contributed by atoms with Crippen LogP contribution in [-0.4, -0.2) is 156 Å². The number of likely N-dealkylation sites (tertiary alicyclic amines) is 2. The zero-order chi connectivity index (χ0) is 52.7. The van der Waals surface area contributed by atoms with Crippen LogP contribution in [0, 0.1) is 11.8 Å². The summed E-state index contributed by atoms with van der Waals surface area (Å²) in [5.41, 5.74) is 6.89. The summed E-state index contributed by atoms with van der Waals surface area (Å²) in [6, 6.07) is 11.7. The van der Waals surface area contributed by atoms with Crippen LogP contribution < -0.4 is 19.5 Å². The number of phenolic OH excluding ortho intramolecular Hbond substituents is 1. The first kappa shape index (κ1) is 51.4.